The number of hydrogen-bond donors (Lipinski definition) is 2. The quantitative estimate of drug-likeness (QED) is 0.355. The largest absolute Gasteiger partial charge is 0.478 e. The Morgan fingerprint density at radius 3 is 2.42 bits per heavy atom. The molecule has 0 spiro atoms. The Hall–Kier alpha value is -4.72. The molecular weight excluding hydrogens is 506 g/mol. The van der Waals surface area contributed by atoms with Crippen molar-refractivity contribution in [2.75, 3.05) is 11.9 Å². The number of rotatable bonds is 9. The van der Waals surface area contributed by atoms with Crippen molar-refractivity contribution in [2.24, 2.45) is 11.0 Å². The van der Waals surface area contributed by atoms with Crippen molar-refractivity contribution in [3.05, 3.63) is 107 Å². The summed E-state index contributed by atoms with van der Waals surface area (Å²) >= 11 is 0. The Kier molecular flexibility index (Phi) is 8.35. The van der Waals surface area contributed by atoms with E-state index in [1.807, 2.05) is 60.7 Å². The summed E-state index contributed by atoms with van der Waals surface area (Å²) in [6.45, 7) is 0.223. The molecule has 0 aromatic heterocycles. The van der Waals surface area contributed by atoms with Gasteiger partial charge in [0.25, 0.3) is 5.91 Å². The molecule has 1 saturated carbocycles. The first-order valence-electron chi connectivity index (χ1n) is 13.4. The zero-order chi connectivity index (χ0) is 27.9. The van der Waals surface area contributed by atoms with Crippen LogP contribution in [0.1, 0.15) is 53.9 Å². The number of carboxylic acids is 1. The maximum absolute atomic E-state index is 13.7. The number of benzene rings is 3. The standard InChI is InChI=1S/C32H31N3O5/c36-28-21-40-32(26-11-2-1-3-12-26)34-35(28)20-22-14-16-25(17-15-22)30(24-9-4-5-10-24)31(39)33-27-13-7-6-8-23(27)18-19-29(37)38/h1-3,6-8,11-19,24,30H,4-5,9-10,20-21H2,(H,33,39)(H,37,38). The molecule has 8 heteroatoms. The molecule has 0 radical (unpaired) electrons. The molecule has 5 rings (SSSR count). The van der Waals surface area contributed by atoms with Gasteiger partial charge in [-0.25, -0.2) is 9.80 Å². The number of aliphatic carboxylic acids is 1. The number of para-hydroxylation sites is 1. The molecule has 8 nitrogen and oxygen atoms in total. The van der Waals surface area contributed by atoms with Crippen LogP contribution in [0.15, 0.2) is 90.0 Å². The molecule has 1 atom stereocenters. The highest BCUT2D eigenvalue weighted by Crippen LogP contribution is 2.38. The minimum Gasteiger partial charge on any atom is -0.478 e. The van der Waals surface area contributed by atoms with Gasteiger partial charge >= 0.3 is 5.97 Å². The molecular formula is C32H31N3O5. The summed E-state index contributed by atoms with van der Waals surface area (Å²) in [5, 5.41) is 17.9. The second kappa shape index (κ2) is 12.4. The van der Waals surface area contributed by atoms with Gasteiger partial charge in [0.2, 0.25) is 11.8 Å². The molecule has 2 N–H and O–H groups in total. The van der Waals surface area contributed by atoms with Crippen molar-refractivity contribution < 1.29 is 24.2 Å². The van der Waals surface area contributed by atoms with Crippen LogP contribution in [0.3, 0.4) is 0 Å². The maximum Gasteiger partial charge on any atom is 0.328 e. The van der Waals surface area contributed by atoms with E-state index < -0.39 is 5.97 Å². The summed E-state index contributed by atoms with van der Waals surface area (Å²) in [7, 11) is 0. The number of hydrazone groups is 1. The van der Waals surface area contributed by atoms with E-state index in [9.17, 15) is 14.4 Å². The Balaban J connectivity index is 1.34. The molecule has 1 aliphatic heterocycles. The van der Waals surface area contributed by atoms with Gasteiger partial charge in [-0.3, -0.25) is 9.59 Å². The van der Waals surface area contributed by atoms with E-state index in [0.717, 1.165) is 48.4 Å². The molecule has 2 aliphatic rings. The lowest BCUT2D eigenvalue weighted by atomic mass is 9.83. The number of ether oxygens (including phenoxy) is 1. The number of carboxylic acid groups (broad SMARTS) is 1. The summed E-state index contributed by atoms with van der Waals surface area (Å²) in [4.78, 5) is 37.2. The van der Waals surface area contributed by atoms with Crippen LogP contribution in [0.4, 0.5) is 5.69 Å². The molecule has 204 valence electrons. The van der Waals surface area contributed by atoms with Crippen LogP contribution in [-0.2, 0) is 25.7 Å². The first kappa shape index (κ1) is 26.9. The van der Waals surface area contributed by atoms with Gasteiger partial charge in [0, 0.05) is 17.3 Å². The monoisotopic (exact) mass is 537 g/mol. The number of hydrogen-bond acceptors (Lipinski definition) is 5. The van der Waals surface area contributed by atoms with Gasteiger partial charge in [-0.15, -0.1) is 5.10 Å². The summed E-state index contributed by atoms with van der Waals surface area (Å²) in [6, 6.07) is 24.4. The first-order chi connectivity index (χ1) is 19.5. The average Bonchev–Trinajstić information content (AvgIpc) is 3.49. The second-order valence-electron chi connectivity index (χ2n) is 10.0. The van der Waals surface area contributed by atoms with E-state index >= 15 is 0 Å². The lowest BCUT2D eigenvalue weighted by Gasteiger charge is -2.25. The fourth-order valence-electron chi connectivity index (χ4n) is 5.30. The SMILES string of the molecule is O=C(O)C=Cc1ccccc1NC(=O)C(c1ccc(CN2N=C(c3ccccc3)OCC2=O)cc1)C1CCCC1. The second-order valence-corrected chi connectivity index (χ2v) is 10.0. The zero-order valence-corrected chi connectivity index (χ0v) is 22.0. The highest BCUT2D eigenvalue weighted by molar-refractivity contribution is 5.99. The Morgan fingerprint density at radius 2 is 1.70 bits per heavy atom. The van der Waals surface area contributed by atoms with Gasteiger partial charge in [0.05, 0.1) is 12.5 Å². The number of carbonyl (C=O) groups excluding carboxylic acids is 2. The molecule has 40 heavy (non-hydrogen) atoms. The summed E-state index contributed by atoms with van der Waals surface area (Å²) in [5.74, 6) is -1.11. The summed E-state index contributed by atoms with van der Waals surface area (Å²) in [5.41, 5.74) is 3.81. The normalized spacial score (nSPS) is 16.4. The minimum atomic E-state index is -1.05. The van der Waals surface area contributed by atoms with E-state index in [1.54, 1.807) is 18.2 Å². The molecule has 1 aliphatic carbocycles. The first-order valence-corrected chi connectivity index (χ1v) is 13.4. The zero-order valence-electron chi connectivity index (χ0n) is 22.0. The molecule has 0 saturated heterocycles. The van der Waals surface area contributed by atoms with Crippen LogP contribution < -0.4 is 5.32 Å². The third-order valence-corrected chi connectivity index (χ3v) is 7.30. The van der Waals surface area contributed by atoms with Gasteiger partial charge < -0.3 is 15.2 Å². The van der Waals surface area contributed by atoms with Crippen LogP contribution in [0.2, 0.25) is 0 Å². The molecule has 0 bridgehead atoms. The van der Waals surface area contributed by atoms with Crippen molar-refractivity contribution in [1.29, 1.82) is 0 Å². The van der Waals surface area contributed by atoms with Gasteiger partial charge in [-0.2, -0.15) is 0 Å². The fraction of sp³-hybridized carbons (Fsp3) is 0.250. The molecule has 3 aromatic carbocycles. The minimum absolute atomic E-state index is 0.0706. The van der Waals surface area contributed by atoms with Crippen molar-refractivity contribution in [1.82, 2.24) is 5.01 Å². The predicted molar refractivity (Wildman–Crippen MR) is 152 cm³/mol. The molecule has 2 amide bonds. The number of amides is 2. The summed E-state index contributed by atoms with van der Waals surface area (Å²) < 4.78 is 5.54. The van der Waals surface area contributed by atoms with E-state index in [2.05, 4.69) is 10.4 Å². The highest BCUT2D eigenvalue weighted by Gasteiger charge is 2.32. The van der Waals surface area contributed by atoms with Crippen molar-refractivity contribution >= 4 is 35.4 Å². The van der Waals surface area contributed by atoms with Crippen molar-refractivity contribution in [3.8, 4) is 0 Å². The number of nitrogens with zero attached hydrogens (tertiary/aromatic N) is 2. The maximum atomic E-state index is 13.7. The Bertz CT molecular complexity index is 1430. The Labute approximate surface area is 233 Å². The number of anilines is 1. The van der Waals surface area contributed by atoms with Crippen LogP contribution >= 0.6 is 0 Å². The predicted octanol–water partition coefficient (Wildman–Crippen LogP) is 5.42. The number of carbonyl (C=O) groups is 3. The summed E-state index contributed by atoms with van der Waals surface area (Å²) in [6.07, 6.45) is 6.66. The van der Waals surface area contributed by atoms with Gasteiger partial charge in [0.1, 0.15) is 0 Å². The molecule has 1 heterocycles. The smallest absolute Gasteiger partial charge is 0.328 e. The van der Waals surface area contributed by atoms with Crippen LogP contribution in [0.5, 0.6) is 0 Å². The van der Waals surface area contributed by atoms with E-state index in [1.165, 1.54) is 11.1 Å². The van der Waals surface area contributed by atoms with Crippen molar-refractivity contribution in [3.63, 3.8) is 0 Å². The Morgan fingerprint density at radius 1 is 1.00 bits per heavy atom. The average molecular weight is 538 g/mol. The number of nitrogens with one attached hydrogen (secondary N) is 1. The van der Waals surface area contributed by atoms with Crippen LogP contribution in [-0.4, -0.2) is 40.4 Å². The third kappa shape index (κ3) is 6.46. The van der Waals surface area contributed by atoms with Crippen molar-refractivity contribution in [2.45, 2.75) is 38.1 Å². The lowest BCUT2D eigenvalue weighted by Crippen LogP contribution is -2.36. The molecule has 1 fully saturated rings. The van der Waals surface area contributed by atoms with Gasteiger partial charge in [-0.1, -0.05) is 73.5 Å². The third-order valence-electron chi connectivity index (χ3n) is 7.30. The topological polar surface area (TPSA) is 108 Å². The van der Waals surface area contributed by atoms with E-state index in [0.29, 0.717) is 23.7 Å². The van der Waals surface area contributed by atoms with Gasteiger partial charge in [-0.05, 0) is 59.7 Å². The van der Waals surface area contributed by atoms with Crippen LogP contribution in [0.25, 0.3) is 6.08 Å². The fourth-order valence-corrected chi connectivity index (χ4v) is 5.30. The van der Waals surface area contributed by atoms with Crippen LogP contribution in [0, 0.1) is 5.92 Å². The van der Waals surface area contributed by atoms with Gasteiger partial charge in [0.15, 0.2) is 6.61 Å². The molecule has 3 aromatic rings. The van der Waals surface area contributed by atoms with E-state index in [4.69, 9.17) is 9.84 Å². The lowest BCUT2D eigenvalue weighted by molar-refractivity contribution is -0.136. The van der Waals surface area contributed by atoms with E-state index in [-0.39, 0.29) is 30.3 Å². The highest BCUT2D eigenvalue weighted by atomic mass is 16.5. The molecule has 1 unspecified atom stereocenters.